The van der Waals surface area contributed by atoms with Gasteiger partial charge in [0.15, 0.2) is 6.61 Å². The Morgan fingerprint density at radius 1 is 1.25 bits per heavy atom. The van der Waals surface area contributed by atoms with Crippen LogP contribution in [0.4, 0.5) is 5.00 Å². The molecule has 7 heteroatoms. The van der Waals surface area contributed by atoms with Crippen LogP contribution in [0.1, 0.15) is 50.1 Å². The molecule has 1 aromatic carbocycles. The number of anilines is 1. The maximum atomic E-state index is 12.3. The summed E-state index contributed by atoms with van der Waals surface area (Å²) in [6, 6.07) is 6.96. The van der Waals surface area contributed by atoms with Gasteiger partial charge in [0.05, 0.1) is 18.2 Å². The van der Waals surface area contributed by atoms with Gasteiger partial charge < -0.3 is 14.8 Å². The van der Waals surface area contributed by atoms with Gasteiger partial charge in [-0.3, -0.25) is 4.79 Å². The molecule has 1 aliphatic rings. The molecule has 0 unspecified atom stereocenters. The number of nitrogens with one attached hydrogen (secondary N) is 1. The van der Waals surface area contributed by atoms with Crippen molar-refractivity contribution >= 4 is 34.2 Å². The normalized spacial score (nSPS) is 15.5. The van der Waals surface area contributed by atoms with Crippen LogP contribution in [0.2, 0.25) is 0 Å². The van der Waals surface area contributed by atoms with Crippen LogP contribution in [0, 0.1) is 12.8 Å². The average molecular weight is 401 g/mol. The molecule has 0 saturated heterocycles. The molecule has 0 radical (unpaired) electrons. The second-order valence-electron chi connectivity index (χ2n) is 7.04. The van der Waals surface area contributed by atoms with Gasteiger partial charge in [0.2, 0.25) is 0 Å². The zero-order chi connectivity index (χ0) is 20.3. The lowest BCUT2D eigenvalue weighted by Crippen LogP contribution is -2.22. The minimum atomic E-state index is -0.564. The molecule has 1 atom stereocenters. The van der Waals surface area contributed by atoms with Crippen LogP contribution in [0.25, 0.3) is 0 Å². The highest BCUT2D eigenvalue weighted by atomic mass is 32.1. The van der Waals surface area contributed by atoms with Gasteiger partial charge in [-0.25, -0.2) is 9.59 Å². The minimum Gasteiger partial charge on any atom is -0.465 e. The maximum absolute atomic E-state index is 12.3. The number of methoxy groups -OCH3 is 1. The Kier molecular flexibility index (Phi) is 6.14. The summed E-state index contributed by atoms with van der Waals surface area (Å²) in [4.78, 5) is 37.8. The van der Waals surface area contributed by atoms with E-state index in [-0.39, 0.29) is 0 Å². The highest BCUT2D eigenvalue weighted by Crippen LogP contribution is 2.40. The number of hydrogen-bond acceptors (Lipinski definition) is 6. The molecule has 1 amide bonds. The predicted octanol–water partition coefficient (Wildman–Crippen LogP) is 3.76. The van der Waals surface area contributed by atoms with Crippen molar-refractivity contribution in [2.75, 3.05) is 19.0 Å². The van der Waals surface area contributed by atoms with Gasteiger partial charge in [-0.15, -0.1) is 11.3 Å². The van der Waals surface area contributed by atoms with Crippen molar-refractivity contribution in [3.8, 4) is 0 Å². The number of amides is 1. The van der Waals surface area contributed by atoms with Gasteiger partial charge in [-0.1, -0.05) is 24.6 Å². The molecule has 1 aromatic heterocycles. The molecule has 1 heterocycles. The zero-order valence-electron chi connectivity index (χ0n) is 16.2. The zero-order valence-corrected chi connectivity index (χ0v) is 17.0. The Labute approximate surface area is 167 Å². The molecule has 148 valence electrons. The van der Waals surface area contributed by atoms with Gasteiger partial charge in [0.1, 0.15) is 5.00 Å². The molecular weight excluding hydrogens is 378 g/mol. The molecule has 0 spiro atoms. The van der Waals surface area contributed by atoms with E-state index in [2.05, 4.69) is 12.2 Å². The number of carbonyl (C=O) groups excluding carboxylic acids is 3. The Bertz CT molecular complexity index is 918. The van der Waals surface area contributed by atoms with Crippen molar-refractivity contribution in [3.05, 3.63) is 51.4 Å². The SMILES string of the molecule is COC(=O)c1c(NC(=O)COC(=O)c2cccc(C)c2)sc2c1CC[C@H](C)C2. The summed E-state index contributed by atoms with van der Waals surface area (Å²) < 4.78 is 10.0. The van der Waals surface area contributed by atoms with E-state index >= 15 is 0 Å². The molecule has 1 N–H and O–H groups in total. The number of aryl methyl sites for hydroxylation is 1. The van der Waals surface area contributed by atoms with Crippen LogP contribution in [-0.2, 0) is 27.1 Å². The number of thiophene rings is 1. The fourth-order valence-electron chi connectivity index (χ4n) is 3.31. The van der Waals surface area contributed by atoms with Crippen LogP contribution in [-0.4, -0.2) is 31.6 Å². The smallest absolute Gasteiger partial charge is 0.341 e. The van der Waals surface area contributed by atoms with Gasteiger partial charge in [0, 0.05) is 4.88 Å². The number of rotatable bonds is 5. The molecule has 3 rings (SSSR count). The van der Waals surface area contributed by atoms with Crippen molar-refractivity contribution in [1.82, 2.24) is 0 Å². The van der Waals surface area contributed by atoms with Gasteiger partial charge in [0.25, 0.3) is 5.91 Å². The molecule has 0 saturated carbocycles. The van der Waals surface area contributed by atoms with E-state index < -0.39 is 24.5 Å². The number of esters is 2. The Balaban J connectivity index is 1.70. The first-order valence-electron chi connectivity index (χ1n) is 9.15. The molecule has 1 aliphatic carbocycles. The monoisotopic (exact) mass is 401 g/mol. The second-order valence-corrected chi connectivity index (χ2v) is 8.15. The number of hydrogen-bond donors (Lipinski definition) is 1. The summed E-state index contributed by atoms with van der Waals surface area (Å²) in [6.45, 7) is 3.62. The first-order valence-corrected chi connectivity index (χ1v) is 9.97. The first kappa shape index (κ1) is 20.1. The molecule has 2 aromatic rings. The summed E-state index contributed by atoms with van der Waals surface area (Å²) in [5.74, 6) is -0.973. The number of benzene rings is 1. The minimum absolute atomic E-state index is 0.392. The first-order chi connectivity index (χ1) is 13.4. The Morgan fingerprint density at radius 3 is 2.75 bits per heavy atom. The van der Waals surface area contributed by atoms with E-state index in [0.29, 0.717) is 22.0 Å². The average Bonchev–Trinajstić information content (AvgIpc) is 3.02. The quantitative estimate of drug-likeness (QED) is 0.772. The number of carbonyl (C=O) groups is 3. The fraction of sp³-hybridized carbons (Fsp3) is 0.381. The molecule has 0 aliphatic heterocycles. The van der Waals surface area contributed by atoms with Crippen molar-refractivity contribution in [2.45, 2.75) is 33.1 Å². The third-order valence-corrected chi connectivity index (χ3v) is 5.91. The molecule has 28 heavy (non-hydrogen) atoms. The predicted molar refractivity (Wildman–Crippen MR) is 107 cm³/mol. The van der Waals surface area contributed by atoms with Gasteiger partial charge in [-0.05, 0) is 49.8 Å². The summed E-state index contributed by atoms with van der Waals surface area (Å²) in [7, 11) is 1.33. The summed E-state index contributed by atoms with van der Waals surface area (Å²) in [5.41, 5.74) is 2.71. The third-order valence-electron chi connectivity index (χ3n) is 4.74. The standard InChI is InChI=1S/C21H23NO5S/c1-12-5-4-6-14(9-12)20(24)27-11-17(23)22-19-18(21(25)26-3)15-8-7-13(2)10-16(15)28-19/h4-6,9,13H,7-8,10-11H2,1-3H3,(H,22,23)/t13-/m0/s1. The van der Waals surface area contributed by atoms with E-state index in [1.54, 1.807) is 18.2 Å². The van der Waals surface area contributed by atoms with Crippen molar-refractivity contribution in [2.24, 2.45) is 5.92 Å². The summed E-state index contributed by atoms with van der Waals surface area (Å²) in [5, 5.41) is 3.18. The maximum Gasteiger partial charge on any atom is 0.341 e. The molecular formula is C21H23NO5S. The van der Waals surface area contributed by atoms with Crippen LogP contribution >= 0.6 is 11.3 Å². The topological polar surface area (TPSA) is 81.7 Å². The van der Waals surface area contributed by atoms with Crippen LogP contribution < -0.4 is 5.32 Å². The van der Waals surface area contributed by atoms with Crippen molar-refractivity contribution < 1.29 is 23.9 Å². The van der Waals surface area contributed by atoms with Crippen molar-refractivity contribution in [3.63, 3.8) is 0 Å². The van der Waals surface area contributed by atoms with Crippen molar-refractivity contribution in [1.29, 1.82) is 0 Å². The lowest BCUT2D eigenvalue weighted by atomic mass is 9.88. The highest BCUT2D eigenvalue weighted by molar-refractivity contribution is 7.17. The number of ether oxygens (including phenoxy) is 2. The van der Waals surface area contributed by atoms with Gasteiger partial charge >= 0.3 is 11.9 Å². The lowest BCUT2D eigenvalue weighted by Gasteiger charge is -2.18. The lowest BCUT2D eigenvalue weighted by molar-refractivity contribution is -0.119. The van der Waals surface area contributed by atoms with E-state index in [1.807, 2.05) is 13.0 Å². The Morgan fingerprint density at radius 2 is 2.04 bits per heavy atom. The molecule has 0 bridgehead atoms. The fourth-order valence-corrected chi connectivity index (χ4v) is 4.72. The highest BCUT2D eigenvalue weighted by Gasteiger charge is 2.29. The van der Waals surface area contributed by atoms with E-state index in [9.17, 15) is 14.4 Å². The summed E-state index contributed by atoms with van der Waals surface area (Å²) in [6.07, 6.45) is 2.66. The molecule has 0 fully saturated rings. The van der Waals surface area contributed by atoms with Crippen LogP contribution in [0.3, 0.4) is 0 Å². The van der Waals surface area contributed by atoms with Crippen LogP contribution in [0.5, 0.6) is 0 Å². The largest absolute Gasteiger partial charge is 0.465 e. The second kappa shape index (κ2) is 8.56. The summed E-state index contributed by atoms with van der Waals surface area (Å²) >= 11 is 1.40. The Hall–Kier alpha value is -2.67. The van der Waals surface area contributed by atoms with E-state index in [4.69, 9.17) is 9.47 Å². The van der Waals surface area contributed by atoms with E-state index in [1.165, 1.54) is 18.4 Å². The third kappa shape index (κ3) is 4.42. The number of fused-ring (bicyclic) bond motifs is 1. The van der Waals surface area contributed by atoms with Gasteiger partial charge in [-0.2, -0.15) is 0 Å². The van der Waals surface area contributed by atoms with Crippen LogP contribution in [0.15, 0.2) is 24.3 Å². The van der Waals surface area contributed by atoms with E-state index in [0.717, 1.165) is 35.3 Å². The molecule has 6 nitrogen and oxygen atoms in total.